The van der Waals surface area contributed by atoms with Gasteiger partial charge in [-0.1, -0.05) is 6.08 Å². The normalized spacial score (nSPS) is 47.4. The fraction of sp³-hybridized carbons (Fsp3) is 0.625. The number of carboxylic acid groups (broad SMARTS) is 1. The minimum Gasteiger partial charge on any atom is -0.480 e. The lowest BCUT2D eigenvalue weighted by molar-refractivity contribution is -0.139. The van der Waals surface area contributed by atoms with Crippen molar-refractivity contribution in [2.45, 2.75) is 18.9 Å². The molecule has 3 N–H and O–H groups in total. The highest BCUT2D eigenvalue weighted by atomic mass is 16.4. The largest absolute Gasteiger partial charge is 0.480 e. The van der Waals surface area contributed by atoms with Crippen LogP contribution >= 0.6 is 0 Å². The Hall–Kier alpha value is -0.830. The Morgan fingerprint density at radius 1 is 1.73 bits per heavy atom. The van der Waals surface area contributed by atoms with Gasteiger partial charge in [0.05, 0.1) is 0 Å². The number of carbonyl (C=O) groups is 1. The quantitative estimate of drug-likeness (QED) is 0.575. The van der Waals surface area contributed by atoms with Crippen molar-refractivity contribution < 1.29 is 9.90 Å². The molecule has 1 atom stereocenters. The van der Waals surface area contributed by atoms with Gasteiger partial charge >= 0.3 is 5.97 Å². The van der Waals surface area contributed by atoms with Crippen molar-refractivity contribution in [3.05, 3.63) is 12.7 Å². The first kappa shape index (κ1) is 6.85. The third kappa shape index (κ3) is 0.554. The molecule has 1 unspecified atom stereocenters. The highest BCUT2D eigenvalue weighted by Gasteiger charge is 2.84. The van der Waals surface area contributed by atoms with Gasteiger partial charge in [0, 0.05) is 5.41 Å². The number of fused-ring (bicyclic) bond motifs is 1. The van der Waals surface area contributed by atoms with Gasteiger partial charge in [0.15, 0.2) is 0 Å². The first-order valence-corrected chi connectivity index (χ1v) is 3.70. The molecule has 0 heterocycles. The summed E-state index contributed by atoms with van der Waals surface area (Å²) in [5, 5.41) is 8.63. The minimum absolute atomic E-state index is 0.0966. The van der Waals surface area contributed by atoms with E-state index < -0.39 is 12.0 Å². The molecule has 0 aromatic carbocycles. The number of nitrogens with two attached hydrogens (primary N) is 1. The van der Waals surface area contributed by atoms with Crippen LogP contribution < -0.4 is 5.73 Å². The summed E-state index contributed by atoms with van der Waals surface area (Å²) in [6.45, 7) is 3.67. The maximum atomic E-state index is 10.5. The summed E-state index contributed by atoms with van der Waals surface area (Å²) in [6, 6.07) is -0.680. The van der Waals surface area contributed by atoms with Crippen LogP contribution in [0.15, 0.2) is 12.7 Å². The topological polar surface area (TPSA) is 63.3 Å². The predicted molar refractivity (Wildman–Crippen MR) is 39.9 cm³/mol. The van der Waals surface area contributed by atoms with Gasteiger partial charge in [0.25, 0.3) is 0 Å². The molecule has 2 saturated carbocycles. The highest BCUT2D eigenvalue weighted by Crippen LogP contribution is 2.87. The summed E-state index contributed by atoms with van der Waals surface area (Å²) in [7, 11) is 0. The molecule has 2 aliphatic carbocycles. The predicted octanol–water partition coefficient (Wildman–Crippen LogP) is 0.365. The Bertz CT molecular complexity index is 240. The van der Waals surface area contributed by atoms with Crippen molar-refractivity contribution in [2.75, 3.05) is 0 Å². The SMILES string of the molecule is C=CC12CC1(C(N)C(=O)O)C2. The molecule has 2 rings (SSSR count). The highest BCUT2D eigenvalue weighted by molar-refractivity contribution is 5.77. The molecule has 0 bridgehead atoms. The lowest BCUT2D eigenvalue weighted by atomic mass is 10.1. The Balaban J connectivity index is 2.12. The zero-order chi connectivity index (χ0) is 8.28. The van der Waals surface area contributed by atoms with Crippen molar-refractivity contribution in [1.82, 2.24) is 0 Å². The Morgan fingerprint density at radius 2 is 2.27 bits per heavy atom. The van der Waals surface area contributed by atoms with Crippen molar-refractivity contribution in [3.63, 3.8) is 0 Å². The van der Waals surface area contributed by atoms with Gasteiger partial charge in [0.1, 0.15) is 6.04 Å². The number of rotatable bonds is 3. The maximum absolute atomic E-state index is 10.5. The van der Waals surface area contributed by atoms with Crippen LogP contribution in [0.2, 0.25) is 0 Å². The minimum atomic E-state index is -0.883. The Morgan fingerprint density at radius 3 is 2.55 bits per heavy atom. The maximum Gasteiger partial charge on any atom is 0.321 e. The average molecular weight is 153 g/mol. The van der Waals surface area contributed by atoms with Crippen LogP contribution in [0.25, 0.3) is 0 Å². The van der Waals surface area contributed by atoms with E-state index in [1.165, 1.54) is 0 Å². The van der Waals surface area contributed by atoms with E-state index in [1.807, 2.05) is 6.08 Å². The first-order chi connectivity index (χ1) is 5.08. The number of aliphatic carboxylic acids is 1. The molecule has 2 aliphatic rings. The lowest BCUT2D eigenvalue weighted by Crippen LogP contribution is -2.35. The van der Waals surface area contributed by atoms with Crippen LogP contribution in [-0.4, -0.2) is 17.1 Å². The summed E-state index contributed by atoms with van der Waals surface area (Å²) in [5.41, 5.74) is 5.53. The number of carboxylic acids is 1. The summed E-state index contributed by atoms with van der Waals surface area (Å²) < 4.78 is 0. The van der Waals surface area contributed by atoms with Crippen LogP contribution in [-0.2, 0) is 4.79 Å². The second kappa shape index (κ2) is 1.50. The van der Waals surface area contributed by atoms with Crippen molar-refractivity contribution in [2.24, 2.45) is 16.6 Å². The molecule has 0 spiro atoms. The van der Waals surface area contributed by atoms with E-state index in [1.54, 1.807) is 0 Å². The molecular weight excluding hydrogens is 142 g/mol. The van der Waals surface area contributed by atoms with Crippen LogP contribution in [0.1, 0.15) is 12.8 Å². The molecule has 11 heavy (non-hydrogen) atoms. The smallest absolute Gasteiger partial charge is 0.321 e. The second-order valence-corrected chi connectivity index (χ2v) is 3.69. The van der Waals surface area contributed by atoms with Gasteiger partial charge in [-0.2, -0.15) is 0 Å². The fourth-order valence-electron chi connectivity index (χ4n) is 2.10. The van der Waals surface area contributed by atoms with Crippen molar-refractivity contribution in [3.8, 4) is 0 Å². The molecule has 0 saturated heterocycles. The van der Waals surface area contributed by atoms with E-state index in [0.717, 1.165) is 12.8 Å². The number of hydrogen-bond acceptors (Lipinski definition) is 2. The molecular formula is C8H11NO2. The third-order valence-electron chi connectivity index (χ3n) is 3.26. The third-order valence-corrected chi connectivity index (χ3v) is 3.26. The molecule has 2 fully saturated rings. The molecule has 0 amide bonds. The first-order valence-electron chi connectivity index (χ1n) is 3.70. The second-order valence-electron chi connectivity index (χ2n) is 3.69. The van der Waals surface area contributed by atoms with Gasteiger partial charge in [0.2, 0.25) is 0 Å². The van der Waals surface area contributed by atoms with Gasteiger partial charge in [-0.05, 0) is 18.3 Å². The summed E-state index contributed by atoms with van der Waals surface area (Å²) in [4.78, 5) is 10.5. The molecule has 3 heteroatoms. The lowest BCUT2D eigenvalue weighted by Gasteiger charge is -2.06. The molecule has 0 aromatic rings. The van der Waals surface area contributed by atoms with E-state index in [-0.39, 0.29) is 10.8 Å². The molecule has 3 nitrogen and oxygen atoms in total. The monoisotopic (exact) mass is 153 g/mol. The standard InChI is InChI=1S/C8H11NO2/c1-2-7-3-8(7,4-7)5(9)6(10)11/h2,5H,1,3-4,9H2,(H,10,11). The zero-order valence-electron chi connectivity index (χ0n) is 6.21. The van der Waals surface area contributed by atoms with E-state index in [9.17, 15) is 4.79 Å². The molecule has 0 aliphatic heterocycles. The molecule has 0 aromatic heterocycles. The molecule has 60 valence electrons. The average Bonchev–Trinajstić information content (AvgIpc) is 2.69. The number of allylic oxidation sites excluding steroid dienone is 1. The van der Waals surface area contributed by atoms with E-state index in [0.29, 0.717) is 0 Å². The summed E-state index contributed by atoms with van der Waals surface area (Å²) in [6.07, 6.45) is 3.71. The van der Waals surface area contributed by atoms with E-state index >= 15 is 0 Å². The fourth-order valence-corrected chi connectivity index (χ4v) is 2.10. The van der Waals surface area contributed by atoms with Crippen LogP contribution in [0, 0.1) is 10.8 Å². The van der Waals surface area contributed by atoms with Gasteiger partial charge in [-0.3, -0.25) is 4.79 Å². The van der Waals surface area contributed by atoms with E-state index in [2.05, 4.69) is 6.58 Å². The molecule has 0 radical (unpaired) electrons. The number of hydrogen-bond donors (Lipinski definition) is 2. The van der Waals surface area contributed by atoms with Gasteiger partial charge in [-0.15, -0.1) is 6.58 Å². The summed E-state index contributed by atoms with van der Waals surface area (Å²) >= 11 is 0. The van der Waals surface area contributed by atoms with Crippen molar-refractivity contribution in [1.29, 1.82) is 0 Å². The van der Waals surface area contributed by atoms with Gasteiger partial charge in [-0.25, -0.2) is 0 Å². The van der Waals surface area contributed by atoms with Crippen LogP contribution in [0.4, 0.5) is 0 Å². The Labute approximate surface area is 64.9 Å². The zero-order valence-corrected chi connectivity index (χ0v) is 6.21. The van der Waals surface area contributed by atoms with Gasteiger partial charge < -0.3 is 10.8 Å². The van der Waals surface area contributed by atoms with Crippen LogP contribution in [0.5, 0.6) is 0 Å². The van der Waals surface area contributed by atoms with Crippen LogP contribution in [0.3, 0.4) is 0 Å². The summed E-state index contributed by atoms with van der Waals surface area (Å²) in [5.74, 6) is -0.883. The van der Waals surface area contributed by atoms with Crippen molar-refractivity contribution >= 4 is 5.97 Å². The Kier molecular flexibility index (Phi) is 0.937. The van der Waals surface area contributed by atoms with E-state index in [4.69, 9.17) is 10.8 Å².